The van der Waals surface area contributed by atoms with Gasteiger partial charge in [0.05, 0.1) is 38.9 Å². The zero-order valence-corrected chi connectivity index (χ0v) is 21.6. The fourth-order valence-electron chi connectivity index (χ4n) is 4.98. The van der Waals surface area contributed by atoms with Gasteiger partial charge in [-0.2, -0.15) is 4.68 Å². The minimum absolute atomic E-state index is 0.185. The largest absolute Gasteiger partial charge is 0.306 e. The molecule has 0 unspecified atom stereocenters. The highest BCUT2D eigenvalue weighted by Gasteiger charge is 2.32. The van der Waals surface area contributed by atoms with Crippen LogP contribution in [-0.4, -0.2) is 23.9 Å². The average Bonchev–Trinajstić information content (AvgIpc) is 3.46. The number of para-hydroxylation sites is 1. The van der Waals surface area contributed by atoms with E-state index in [0.717, 1.165) is 21.5 Å². The molecule has 0 saturated carbocycles. The monoisotopic (exact) mass is 507 g/mol. The molecule has 7 nitrogen and oxygen atoms in total. The summed E-state index contributed by atoms with van der Waals surface area (Å²) >= 11 is 1.46. The Balaban J connectivity index is 1.69. The number of nitrogens with zero attached hydrogens (tertiary/aromatic N) is 5. The van der Waals surface area contributed by atoms with Gasteiger partial charge in [-0.15, -0.1) is 0 Å². The second-order valence-corrected chi connectivity index (χ2v) is 10.6. The van der Waals surface area contributed by atoms with Gasteiger partial charge in [0.15, 0.2) is 0 Å². The number of pyridine rings is 2. The molecule has 0 amide bonds. The zero-order valence-electron chi connectivity index (χ0n) is 20.8. The Kier molecular flexibility index (Phi) is 5.42. The fraction of sp³-hybridized carbons (Fsp3) is 0.172. The fourth-order valence-corrected chi connectivity index (χ4v) is 5.94. The molecule has 0 bridgehead atoms. The number of aromatic nitrogens is 5. The quantitative estimate of drug-likeness (QED) is 0.325. The third kappa shape index (κ3) is 3.72. The van der Waals surface area contributed by atoms with Crippen molar-refractivity contribution in [1.29, 1.82) is 0 Å². The van der Waals surface area contributed by atoms with Crippen molar-refractivity contribution in [2.45, 2.75) is 32.9 Å². The Hall–Kier alpha value is -4.30. The SMILES string of the molecule is Cc1c2c(=O)n(-c3nc4ccccc4s3)n(C(C)(C)c3ccccc3)c2cc(=O)n1Cc1ccccn1. The first kappa shape index (κ1) is 23.1. The Morgan fingerprint density at radius 3 is 2.38 bits per heavy atom. The molecule has 184 valence electrons. The lowest BCUT2D eigenvalue weighted by molar-refractivity contribution is 0.370. The minimum Gasteiger partial charge on any atom is -0.306 e. The van der Waals surface area contributed by atoms with Crippen molar-refractivity contribution in [3.05, 3.63) is 123 Å². The average molecular weight is 508 g/mol. The van der Waals surface area contributed by atoms with Crippen LogP contribution in [0.3, 0.4) is 0 Å². The molecule has 8 heteroatoms. The molecule has 0 saturated heterocycles. The number of hydrogen-bond donors (Lipinski definition) is 0. The lowest BCUT2D eigenvalue weighted by Gasteiger charge is -2.30. The van der Waals surface area contributed by atoms with E-state index < -0.39 is 5.54 Å². The van der Waals surface area contributed by atoms with E-state index in [9.17, 15) is 9.59 Å². The molecule has 37 heavy (non-hydrogen) atoms. The highest BCUT2D eigenvalue weighted by molar-refractivity contribution is 7.20. The summed E-state index contributed by atoms with van der Waals surface area (Å²) in [4.78, 5) is 36.9. The van der Waals surface area contributed by atoms with Crippen molar-refractivity contribution in [2.75, 3.05) is 0 Å². The summed E-state index contributed by atoms with van der Waals surface area (Å²) < 4.78 is 6.18. The van der Waals surface area contributed by atoms with Gasteiger partial charge in [0.2, 0.25) is 5.13 Å². The summed E-state index contributed by atoms with van der Waals surface area (Å²) in [7, 11) is 0. The van der Waals surface area contributed by atoms with Crippen LogP contribution in [0.5, 0.6) is 0 Å². The van der Waals surface area contributed by atoms with Gasteiger partial charge in [-0.1, -0.05) is 59.9 Å². The minimum atomic E-state index is -0.661. The number of benzene rings is 2. The Labute approximate surface area is 216 Å². The number of hydrogen-bond acceptors (Lipinski definition) is 5. The zero-order chi connectivity index (χ0) is 25.7. The van der Waals surface area contributed by atoms with Crippen LogP contribution in [0.25, 0.3) is 26.3 Å². The molecule has 6 aromatic rings. The molecular formula is C29H25N5O2S. The van der Waals surface area contributed by atoms with Crippen molar-refractivity contribution in [3.8, 4) is 5.13 Å². The topological polar surface area (TPSA) is 74.7 Å². The lowest BCUT2D eigenvalue weighted by atomic mass is 9.94. The van der Waals surface area contributed by atoms with Crippen LogP contribution in [0.15, 0.2) is 94.6 Å². The van der Waals surface area contributed by atoms with E-state index >= 15 is 0 Å². The van der Waals surface area contributed by atoms with Gasteiger partial charge in [0.1, 0.15) is 0 Å². The van der Waals surface area contributed by atoms with E-state index in [1.54, 1.807) is 21.5 Å². The molecule has 0 aliphatic heterocycles. The van der Waals surface area contributed by atoms with Crippen molar-refractivity contribution < 1.29 is 0 Å². The molecule has 0 aliphatic rings. The van der Waals surface area contributed by atoms with Crippen LogP contribution in [0, 0.1) is 6.92 Å². The van der Waals surface area contributed by atoms with Crippen LogP contribution in [0.1, 0.15) is 30.8 Å². The summed E-state index contributed by atoms with van der Waals surface area (Å²) in [6.45, 7) is 6.23. The molecule has 0 aliphatic carbocycles. The highest BCUT2D eigenvalue weighted by atomic mass is 32.1. The van der Waals surface area contributed by atoms with Crippen molar-refractivity contribution in [3.63, 3.8) is 0 Å². The molecule has 0 spiro atoms. The lowest BCUT2D eigenvalue weighted by Crippen LogP contribution is -2.35. The van der Waals surface area contributed by atoms with Crippen LogP contribution in [-0.2, 0) is 12.1 Å². The predicted octanol–water partition coefficient (Wildman–Crippen LogP) is 5.10. The predicted molar refractivity (Wildman–Crippen MR) is 148 cm³/mol. The number of thiazole rings is 1. The highest BCUT2D eigenvalue weighted by Crippen LogP contribution is 2.32. The number of fused-ring (bicyclic) bond motifs is 2. The van der Waals surface area contributed by atoms with Crippen molar-refractivity contribution in [1.82, 2.24) is 23.9 Å². The van der Waals surface area contributed by atoms with Gasteiger partial charge in [-0.05, 0) is 50.6 Å². The molecule has 0 fully saturated rings. The maximum absolute atomic E-state index is 14.2. The third-order valence-corrected chi connectivity index (χ3v) is 7.92. The first-order valence-electron chi connectivity index (χ1n) is 12.1. The van der Waals surface area contributed by atoms with E-state index in [1.807, 2.05) is 84.4 Å². The summed E-state index contributed by atoms with van der Waals surface area (Å²) in [6, 6.07) is 25.0. The van der Waals surface area contributed by atoms with Crippen LogP contribution in [0.4, 0.5) is 0 Å². The van der Waals surface area contributed by atoms with E-state index in [0.29, 0.717) is 21.7 Å². The van der Waals surface area contributed by atoms with Gasteiger partial charge in [0.25, 0.3) is 11.1 Å². The second-order valence-electron chi connectivity index (χ2n) is 9.55. The van der Waals surface area contributed by atoms with Crippen molar-refractivity contribution >= 4 is 32.5 Å². The van der Waals surface area contributed by atoms with E-state index in [-0.39, 0.29) is 17.7 Å². The van der Waals surface area contributed by atoms with Crippen LogP contribution in [0.2, 0.25) is 0 Å². The molecule has 4 aromatic heterocycles. The Bertz CT molecular complexity index is 1850. The normalized spacial score (nSPS) is 12.0. The molecule has 4 heterocycles. The van der Waals surface area contributed by atoms with Crippen LogP contribution < -0.4 is 11.1 Å². The van der Waals surface area contributed by atoms with Gasteiger partial charge >= 0.3 is 0 Å². The van der Waals surface area contributed by atoms with E-state index in [2.05, 4.69) is 18.8 Å². The van der Waals surface area contributed by atoms with Gasteiger partial charge < -0.3 is 4.57 Å². The standard InChI is InChI=1S/C29H25N5O2S/c1-19-26-23(17-25(35)32(19)18-21-13-9-10-16-30-21)34(29(2,3)20-11-5-4-6-12-20)33(27(26)36)28-31-22-14-7-8-15-24(22)37-28/h4-17H,18H2,1-3H3. The smallest absolute Gasteiger partial charge is 0.283 e. The third-order valence-electron chi connectivity index (χ3n) is 6.90. The molecule has 6 rings (SSSR count). The van der Waals surface area contributed by atoms with Gasteiger partial charge in [-0.25, -0.2) is 4.98 Å². The maximum atomic E-state index is 14.2. The summed E-state index contributed by atoms with van der Waals surface area (Å²) in [5, 5.41) is 1.06. The first-order valence-corrected chi connectivity index (χ1v) is 12.9. The van der Waals surface area contributed by atoms with E-state index in [4.69, 9.17) is 4.98 Å². The number of aryl methyl sites for hydroxylation is 1. The Morgan fingerprint density at radius 2 is 1.65 bits per heavy atom. The van der Waals surface area contributed by atoms with Crippen LogP contribution >= 0.6 is 11.3 Å². The number of rotatable bonds is 5. The first-order chi connectivity index (χ1) is 17.9. The molecule has 0 radical (unpaired) electrons. The van der Waals surface area contributed by atoms with E-state index in [1.165, 1.54) is 11.3 Å². The van der Waals surface area contributed by atoms with Gasteiger partial charge in [0, 0.05) is 18.0 Å². The summed E-state index contributed by atoms with van der Waals surface area (Å²) in [5.74, 6) is 0. The summed E-state index contributed by atoms with van der Waals surface area (Å²) in [5.41, 5.74) is 2.73. The maximum Gasteiger partial charge on any atom is 0.283 e. The molecule has 2 aromatic carbocycles. The molecular weight excluding hydrogens is 482 g/mol. The van der Waals surface area contributed by atoms with Crippen molar-refractivity contribution in [2.24, 2.45) is 0 Å². The molecule has 0 atom stereocenters. The summed E-state index contributed by atoms with van der Waals surface area (Å²) in [6.07, 6.45) is 1.70. The molecule has 0 N–H and O–H groups in total. The second kappa shape index (κ2) is 8.67. The Morgan fingerprint density at radius 1 is 0.919 bits per heavy atom. The van der Waals surface area contributed by atoms with Gasteiger partial charge in [-0.3, -0.25) is 19.3 Å².